The van der Waals surface area contributed by atoms with Crippen LogP contribution in [0.1, 0.15) is 70.0 Å². The standard InChI is InChI=1S/C16H27N/c1-5-13(4)14-7-9-15(10-8-14)16(17)11-6-12(2)3/h7-10,12-13,16H,5-6,11,17H2,1-4H3. The molecule has 0 aliphatic heterocycles. The first kappa shape index (κ1) is 14.2. The van der Waals surface area contributed by atoms with Crippen LogP contribution in [0.25, 0.3) is 0 Å². The first-order chi connectivity index (χ1) is 8.04. The zero-order valence-electron chi connectivity index (χ0n) is 11.7. The summed E-state index contributed by atoms with van der Waals surface area (Å²) in [6.45, 7) is 9.00. The number of nitrogens with two attached hydrogens (primary N) is 1. The van der Waals surface area contributed by atoms with E-state index in [9.17, 15) is 0 Å². The van der Waals surface area contributed by atoms with Crippen LogP contribution in [0.4, 0.5) is 0 Å². The molecule has 0 aliphatic carbocycles. The van der Waals surface area contributed by atoms with Gasteiger partial charge in [0, 0.05) is 6.04 Å². The van der Waals surface area contributed by atoms with E-state index in [1.807, 2.05) is 0 Å². The Morgan fingerprint density at radius 3 is 1.94 bits per heavy atom. The van der Waals surface area contributed by atoms with Crippen LogP contribution in [0.15, 0.2) is 24.3 Å². The van der Waals surface area contributed by atoms with E-state index in [0.717, 1.165) is 12.3 Å². The summed E-state index contributed by atoms with van der Waals surface area (Å²) < 4.78 is 0. The number of rotatable bonds is 6. The normalized spacial score (nSPS) is 14.9. The third-order valence-corrected chi connectivity index (χ3v) is 3.60. The summed E-state index contributed by atoms with van der Waals surface area (Å²) in [5.74, 6) is 1.39. The zero-order valence-corrected chi connectivity index (χ0v) is 11.7. The largest absolute Gasteiger partial charge is 0.324 e. The van der Waals surface area contributed by atoms with Crippen molar-refractivity contribution in [3.63, 3.8) is 0 Å². The fraction of sp³-hybridized carbons (Fsp3) is 0.625. The summed E-state index contributed by atoms with van der Waals surface area (Å²) in [5, 5.41) is 0. The lowest BCUT2D eigenvalue weighted by atomic mass is 9.94. The molecule has 2 atom stereocenters. The average molecular weight is 233 g/mol. The second-order valence-corrected chi connectivity index (χ2v) is 5.55. The van der Waals surface area contributed by atoms with Gasteiger partial charge in [-0.3, -0.25) is 0 Å². The fourth-order valence-electron chi connectivity index (χ4n) is 1.99. The maximum Gasteiger partial charge on any atom is 0.0294 e. The highest BCUT2D eigenvalue weighted by molar-refractivity contribution is 5.26. The number of benzene rings is 1. The molecule has 0 heterocycles. The predicted molar refractivity (Wildman–Crippen MR) is 76.1 cm³/mol. The van der Waals surface area contributed by atoms with Gasteiger partial charge in [-0.25, -0.2) is 0 Å². The third kappa shape index (κ3) is 4.51. The summed E-state index contributed by atoms with van der Waals surface area (Å²) in [4.78, 5) is 0. The maximum atomic E-state index is 6.20. The van der Waals surface area contributed by atoms with Crippen LogP contribution in [0.5, 0.6) is 0 Å². The summed E-state index contributed by atoms with van der Waals surface area (Å²) in [7, 11) is 0. The van der Waals surface area contributed by atoms with Crippen molar-refractivity contribution >= 4 is 0 Å². The van der Waals surface area contributed by atoms with Gasteiger partial charge in [0.25, 0.3) is 0 Å². The highest BCUT2D eigenvalue weighted by Crippen LogP contribution is 2.23. The van der Waals surface area contributed by atoms with Crippen molar-refractivity contribution in [2.24, 2.45) is 11.7 Å². The van der Waals surface area contributed by atoms with E-state index in [2.05, 4.69) is 52.0 Å². The van der Waals surface area contributed by atoms with Crippen molar-refractivity contribution in [2.75, 3.05) is 0 Å². The molecule has 0 spiro atoms. The van der Waals surface area contributed by atoms with Crippen LogP contribution in [0.2, 0.25) is 0 Å². The Morgan fingerprint density at radius 1 is 0.941 bits per heavy atom. The fourth-order valence-corrected chi connectivity index (χ4v) is 1.99. The molecule has 2 N–H and O–H groups in total. The van der Waals surface area contributed by atoms with Gasteiger partial charge in [0.2, 0.25) is 0 Å². The van der Waals surface area contributed by atoms with Crippen LogP contribution >= 0.6 is 0 Å². The molecule has 1 aromatic carbocycles. The molecule has 1 nitrogen and oxygen atoms in total. The maximum absolute atomic E-state index is 6.20. The van der Waals surface area contributed by atoms with Crippen LogP contribution in [0.3, 0.4) is 0 Å². The lowest BCUT2D eigenvalue weighted by Gasteiger charge is -2.15. The number of hydrogen-bond acceptors (Lipinski definition) is 1. The predicted octanol–water partition coefficient (Wildman–Crippen LogP) is 4.64. The summed E-state index contributed by atoms with van der Waals surface area (Å²) in [6.07, 6.45) is 3.48. The van der Waals surface area contributed by atoms with Gasteiger partial charge >= 0.3 is 0 Å². The van der Waals surface area contributed by atoms with E-state index in [4.69, 9.17) is 5.73 Å². The molecule has 0 aliphatic rings. The molecule has 0 saturated carbocycles. The summed E-state index contributed by atoms with van der Waals surface area (Å²) >= 11 is 0. The molecule has 0 radical (unpaired) electrons. The highest BCUT2D eigenvalue weighted by atomic mass is 14.6. The van der Waals surface area contributed by atoms with Gasteiger partial charge in [-0.1, -0.05) is 52.0 Å². The van der Waals surface area contributed by atoms with Crippen molar-refractivity contribution in [2.45, 2.75) is 58.9 Å². The molecule has 1 aromatic rings. The molecule has 0 fully saturated rings. The topological polar surface area (TPSA) is 26.0 Å². The van der Waals surface area contributed by atoms with Gasteiger partial charge in [0.05, 0.1) is 0 Å². The van der Waals surface area contributed by atoms with Gasteiger partial charge < -0.3 is 5.73 Å². The Morgan fingerprint density at radius 2 is 1.47 bits per heavy atom. The minimum atomic E-state index is 0.198. The van der Waals surface area contributed by atoms with Crippen LogP contribution < -0.4 is 5.73 Å². The molecule has 96 valence electrons. The molecule has 0 bridgehead atoms. The molecule has 1 heteroatoms. The minimum Gasteiger partial charge on any atom is -0.324 e. The van der Waals surface area contributed by atoms with Crippen molar-refractivity contribution in [3.8, 4) is 0 Å². The Hall–Kier alpha value is -0.820. The molecule has 2 unspecified atom stereocenters. The average Bonchev–Trinajstić information content (AvgIpc) is 2.35. The van der Waals surface area contributed by atoms with Crippen molar-refractivity contribution in [1.82, 2.24) is 0 Å². The van der Waals surface area contributed by atoms with Gasteiger partial charge in [0.15, 0.2) is 0 Å². The van der Waals surface area contributed by atoms with Gasteiger partial charge in [-0.2, -0.15) is 0 Å². The van der Waals surface area contributed by atoms with E-state index in [1.54, 1.807) is 0 Å². The van der Waals surface area contributed by atoms with Crippen LogP contribution in [-0.2, 0) is 0 Å². The lowest BCUT2D eigenvalue weighted by Crippen LogP contribution is -2.11. The Balaban J connectivity index is 2.60. The highest BCUT2D eigenvalue weighted by Gasteiger charge is 2.08. The number of hydrogen-bond donors (Lipinski definition) is 1. The van der Waals surface area contributed by atoms with E-state index >= 15 is 0 Å². The summed E-state index contributed by atoms with van der Waals surface area (Å²) in [5.41, 5.74) is 8.90. The van der Waals surface area contributed by atoms with Crippen molar-refractivity contribution < 1.29 is 0 Å². The Kier molecular flexibility index (Phi) is 5.70. The molecular formula is C16H27N. The first-order valence-electron chi connectivity index (χ1n) is 6.90. The van der Waals surface area contributed by atoms with Gasteiger partial charge in [-0.15, -0.1) is 0 Å². The summed E-state index contributed by atoms with van der Waals surface area (Å²) in [6, 6.07) is 9.07. The van der Waals surface area contributed by atoms with Gasteiger partial charge in [-0.05, 0) is 42.2 Å². The van der Waals surface area contributed by atoms with E-state index in [-0.39, 0.29) is 6.04 Å². The van der Waals surface area contributed by atoms with Crippen LogP contribution in [-0.4, -0.2) is 0 Å². The molecule has 0 amide bonds. The second-order valence-electron chi connectivity index (χ2n) is 5.55. The zero-order chi connectivity index (χ0) is 12.8. The van der Waals surface area contributed by atoms with Crippen molar-refractivity contribution in [1.29, 1.82) is 0 Å². The van der Waals surface area contributed by atoms with E-state index < -0.39 is 0 Å². The van der Waals surface area contributed by atoms with Crippen molar-refractivity contribution in [3.05, 3.63) is 35.4 Å². The minimum absolute atomic E-state index is 0.198. The van der Waals surface area contributed by atoms with Crippen LogP contribution in [0, 0.1) is 5.92 Å². The monoisotopic (exact) mass is 233 g/mol. The van der Waals surface area contributed by atoms with E-state index in [0.29, 0.717) is 5.92 Å². The molecular weight excluding hydrogens is 206 g/mol. The Bertz CT molecular complexity index is 313. The third-order valence-electron chi connectivity index (χ3n) is 3.60. The van der Waals surface area contributed by atoms with E-state index in [1.165, 1.54) is 24.0 Å². The van der Waals surface area contributed by atoms with Gasteiger partial charge in [0.1, 0.15) is 0 Å². The second kappa shape index (κ2) is 6.80. The molecule has 0 saturated heterocycles. The smallest absolute Gasteiger partial charge is 0.0294 e. The quantitative estimate of drug-likeness (QED) is 0.761. The molecule has 0 aromatic heterocycles. The SMILES string of the molecule is CCC(C)c1ccc(C(N)CCC(C)C)cc1. The lowest BCUT2D eigenvalue weighted by molar-refractivity contribution is 0.507. The first-order valence-corrected chi connectivity index (χ1v) is 6.90. The molecule has 17 heavy (non-hydrogen) atoms. The Labute approximate surface area is 106 Å². The molecule has 1 rings (SSSR count).